The van der Waals surface area contributed by atoms with Crippen LogP contribution in [0.25, 0.3) is 0 Å². The van der Waals surface area contributed by atoms with Crippen LogP contribution in [0.4, 0.5) is 17.2 Å². The van der Waals surface area contributed by atoms with Crippen LogP contribution in [0.3, 0.4) is 0 Å². The maximum atomic E-state index is 12.4. The maximum absolute atomic E-state index is 12.4. The van der Waals surface area contributed by atoms with Gasteiger partial charge in [-0.3, -0.25) is 4.72 Å². The Bertz CT molecular complexity index is 972. The summed E-state index contributed by atoms with van der Waals surface area (Å²) in [6.45, 7) is 1.90. The fourth-order valence-corrected chi connectivity index (χ4v) is 3.41. The summed E-state index contributed by atoms with van der Waals surface area (Å²) in [7, 11) is -3.64. The van der Waals surface area contributed by atoms with E-state index in [-0.39, 0.29) is 4.90 Å². The number of hydrogen-bond acceptors (Lipinski definition) is 4. The van der Waals surface area contributed by atoms with E-state index < -0.39 is 10.0 Å². The summed E-state index contributed by atoms with van der Waals surface area (Å²) in [5, 5.41) is 3.72. The van der Waals surface area contributed by atoms with Gasteiger partial charge in [-0.25, -0.2) is 13.4 Å². The second-order valence-corrected chi connectivity index (χ2v) is 7.60. The van der Waals surface area contributed by atoms with Gasteiger partial charge in [-0.05, 0) is 49.4 Å². The van der Waals surface area contributed by atoms with Crippen LogP contribution < -0.4 is 10.0 Å². The monoisotopic (exact) mass is 373 g/mol. The van der Waals surface area contributed by atoms with Crippen LogP contribution in [0.2, 0.25) is 5.02 Å². The van der Waals surface area contributed by atoms with E-state index in [9.17, 15) is 8.42 Å². The number of rotatable bonds is 5. The Hall–Kier alpha value is -2.57. The van der Waals surface area contributed by atoms with E-state index in [0.717, 1.165) is 11.3 Å². The normalized spacial score (nSPS) is 11.1. The van der Waals surface area contributed by atoms with Crippen LogP contribution >= 0.6 is 11.6 Å². The molecule has 5 nitrogen and oxygen atoms in total. The molecule has 3 aromatic rings. The zero-order valence-corrected chi connectivity index (χ0v) is 15.0. The highest BCUT2D eigenvalue weighted by molar-refractivity contribution is 7.92. The number of pyridine rings is 1. The minimum absolute atomic E-state index is 0.208. The van der Waals surface area contributed by atoms with Gasteiger partial charge >= 0.3 is 0 Å². The highest BCUT2D eigenvalue weighted by Crippen LogP contribution is 2.21. The summed E-state index contributed by atoms with van der Waals surface area (Å²) in [6.07, 6.45) is 1.46. The van der Waals surface area contributed by atoms with Crippen molar-refractivity contribution in [2.75, 3.05) is 10.0 Å². The highest BCUT2D eigenvalue weighted by atomic mass is 35.5. The molecule has 0 saturated carbocycles. The van der Waals surface area contributed by atoms with Crippen molar-refractivity contribution < 1.29 is 8.42 Å². The average molecular weight is 374 g/mol. The first kappa shape index (κ1) is 17.3. The smallest absolute Gasteiger partial charge is 0.261 e. The molecule has 0 aliphatic carbocycles. The lowest BCUT2D eigenvalue weighted by Crippen LogP contribution is -2.13. The van der Waals surface area contributed by atoms with E-state index in [1.54, 1.807) is 48.5 Å². The second kappa shape index (κ2) is 7.13. The van der Waals surface area contributed by atoms with Gasteiger partial charge in [0.1, 0.15) is 5.82 Å². The first-order valence-electron chi connectivity index (χ1n) is 7.50. The Balaban J connectivity index is 1.73. The molecule has 0 atom stereocenters. The SMILES string of the molecule is Cc1ccc(S(=O)(=O)Nc2ccc(Nc3cccc(Cl)c3)nc2)cc1. The summed E-state index contributed by atoms with van der Waals surface area (Å²) < 4.78 is 27.2. The topological polar surface area (TPSA) is 71.1 Å². The van der Waals surface area contributed by atoms with Crippen LogP contribution in [-0.4, -0.2) is 13.4 Å². The van der Waals surface area contributed by atoms with E-state index in [2.05, 4.69) is 15.0 Å². The van der Waals surface area contributed by atoms with Gasteiger partial charge < -0.3 is 5.32 Å². The molecule has 1 aromatic heterocycles. The van der Waals surface area contributed by atoms with Gasteiger partial charge in [0.25, 0.3) is 10.0 Å². The van der Waals surface area contributed by atoms with Gasteiger partial charge in [-0.2, -0.15) is 0 Å². The molecular weight excluding hydrogens is 358 g/mol. The minimum Gasteiger partial charge on any atom is -0.340 e. The maximum Gasteiger partial charge on any atom is 0.261 e. The molecule has 1 heterocycles. The molecule has 7 heteroatoms. The van der Waals surface area contributed by atoms with E-state index in [1.165, 1.54) is 6.20 Å². The predicted octanol–water partition coefficient (Wildman–Crippen LogP) is 4.59. The summed E-state index contributed by atoms with van der Waals surface area (Å²) >= 11 is 5.94. The van der Waals surface area contributed by atoms with Crippen LogP contribution in [0.5, 0.6) is 0 Å². The number of aryl methyl sites for hydroxylation is 1. The molecule has 2 aromatic carbocycles. The molecule has 0 aliphatic heterocycles. The van der Waals surface area contributed by atoms with Crippen molar-refractivity contribution in [1.29, 1.82) is 0 Å². The summed E-state index contributed by atoms with van der Waals surface area (Å²) in [5.41, 5.74) is 2.18. The molecule has 2 N–H and O–H groups in total. The number of anilines is 3. The van der Waals surface area contributed by atoms with Crippen molar-refractivity contribution in [2.24, 2.45) is 0 Å². The minimum atomic E-state index is -3.64. The summed E-state index contributed by atoms with van der Waals surface area (Å²) in [6, 6.07) is 17.2. The second-order valence-electron chi connectivity index (χ2n) is 5.49. The molecule has 3 rings (SSSR count). The van der Waals surface area contributed by atoms with E-state index in [4.69, 9.17) is 11.6 Å². The first-order chi connectivity index (χ1) is 11.9. The molecule has 0 bridgehead atoms. The van der Waals surface area contributed by atoms with Crippen molar-refractivity contribution in [3.05, 3.63) is 77.4 Å². The highest BCUT2D eigenvalue weighted by Gasteiger charge is 2.13. The number of nitrogens with zero attached hydrogens (tertiary/aromatic N) is 1. The first-order valence-corrected chi connectivity index (χ1v) is 9.37. The van der Waals surface area contributed by atoms with Gasteiger partial charge in [-0.1, -0.05) is 35.4 Å². The van der Waals surface area contributed by atoms with Crippen molar-refractivity contribution in [1.82, 2.24) is 4.98 Å². The zero-order chi connectivity index (χ0) is 17.9. The van der Waals surface area contributed by atoms with Gasteiger partial charge in [0.15, 0.2) is 0 Å². The van der Waals surface area contributed by atoms with Gasteiger partial charge in [0, 0.05) is 10.7 Å². The lowest BCUT2D eigenvalue weighted by molar-refractivity contribution is 0.601. The zero-order valence-electron chi connectivity index (χ0n) is 13.4. The number of aromatic nitrogens is 1. The third-order valence-electron chi connectivity index (χ3n) is 3.44. The molecule has 128 valence electrons. The van der Waals surface area contributed by atoms with Crippen LogP contribution in [-0.2, 0) is 10.0 Å². The predicted molar refractivity (Wildman–Crippen MR) is 101 cm³/mol. The van der Waals surface area contributed by atoms with E-state index in [0.29, 0.717) is 16.5 Å². The summed E-state index contributed by atoms with van der Waals surface area (Å²) in [5.74, 6) is 0.584. The quantitative estimate of drug-likeness (QED) is 0.686. The molecule has 0 radical (unpaired) electrons. The van der Waals surface area contributed by atoms with Gasteiger partial charge in [0.05, 0.1) is 16.8 Å². The van der Waals surface area contributed by atoms with Crippen LogP contribution in [0, 0.1) is 6.92 Å². The molecule has 0 amide bonds. The molecule has 0 aliphatic rings. The van der Waals surface area contributed by atoms with Crippen molar-refractivity contribution in [2.45, 2.75) is 11.8 Å². The molecular formula is C18H16ClN3O2S. The molecule has 0 unspecified atom stereocenters. The fourth-order valence-electron chi connectivity index (χ4n) is 2.17. The van der Waals surface area contributed by atoms with E-state index >= 15 is 0 Å². The number of hydrogen-bond donors (Lipinski definition) is 2. The van der Waals surface area contributed by atoms with Crippen LogP contribution in [0.1, 0.15) is 5.56 Å². The average Bonchev–Trinajstić information content (AvgIpc) is 2.57. The Morgan fingerprint density at radius 1 is 0.960 bits per heavy atom. The van der Waals surface area contributed by atoms with Crippen molar-refractivity contribution in [3.63, 3.8) is 0 Å². The van der Waals surface area contributed by atoms with Gasteiger partial charge in [-0.15, -0.1) is 0 Å². The number of sulfonamides is 1. The molecule has 0 spiro atoms. The Morgan fingerprint density at radius 3 is 2.36 bits per heavy atom. The lowest BCUT2D eigenvalue weighted by atomic mass is 10.2. The third kappa shape index (κ3) is 4.49. The summed E-state index contributed by atoms with van der Waals surface area (Å²) in [4.78, 5) is 4.42. The largest absolute Gasteiger partial charge is 0.340 e. The standard InChI is InChI=1S/C18H16ClN3O2S/c1-13-5-8-17(9-6-13)25(23,24)22-16-7-10-18(20-12-16)21-15-4-2-3-14(19)11-15/h2-12,22H,1H3,(H,20,21). The Morgan fingerprint density at radius 2 is 1.72 bits per heavy atom. The Kier molecular flexibility index (Phi) is 4.92. The molecule has 0 saturated heterocycles. The Labute approximate surface area is 151 Å². The fraction of sp³-hybridized carbons (Fsp3) is 0.0556. The number of halogens is 1. The number of nitrogens with one attached hydrogen (secondary N) is 2. The van der Waals surface area contributed by atoms with Crippen molar-refractivity contribution in [3.8, 4) is 0 Å². The van der Waals surface area contributed by atoms with E-state index in [1.807, 2.05) is 19.1 Å². The van der Waals surface area contributed by atoms with Crippen molar-refractivity contribution >= 4 is 38.8 Å². The lowest BCUT2D eigenvalue weighted by Gasteiger charge is -2.10. The number of benzene rings is 2. The molecule has 0 fully saturated rings. The van der Waals surface area contributed by atoms with Crippen LogP contribution in [0.15, 0.2) is 71.8 Å². The molecule has 25 heavy (non-hydrogen) atoms. The third-order valence-corrected chi connectivity index (χ3v) is 5.08. The van der Waals surface area contributed by atoms with Gasteiger partial charge in [0.2, 0.25) is 0 Å².